The third-order valence-corrected chi connectivity index (χ3v) is 3.04. The molecule has 18 heavy (non-hydrogen) atoms. The Bertz CT molecular complexity index is 620. The van der Waals surface area contributed by atoms with Gasteiger partial charge in [0.15, 0.2) is 5.82 Å². The Labute approximate surface area is 111 Å². The molecule has 2 aromatic rings. The van der Waals surface area contributed by atoms with E-state index in [9.17, 15) is 9.59 Å². The molecule has 0 N–H and O–H groups in total. The highest BCUT2D eigenvalue weighted by molar-refractivity contribution is 9.10. The number of aromatic nitrogens is 2. The van der Waals surface area contributed by atoms with Gasteiger partial charge in [-0.1, -0.05) is 12.1 Å². The molecule has 2 amide bonds. The van der Waals surface area contributed by atoms with E-state index in [1.165, 1.54) is 12.4 Å². The maximum absolute atomic E-state index is 12.1. The van der Waals surface area contributed by atoms with E-state index in [2.05, 4.69) is 25.9 Å². The van der Waals surface area contributed by atoms with Gasteiger partial charge in [-0.3, -0.25) is 9.59 Å². The predicted octanol–water partition coefficient (Wildman–Crippen LogP) is 2.04. The van der Waals surface area contributed by atoms with Crippen LogP contribution in [-0.2, 0) is 0 Å². The molecule has 0 radical (unpaired) electrons. The summed E-state index contributed by atoms with van der Waals surface area (Å²) in [6, 6.07) is 6.70. The summed E-state index contributed by atoms with van der Waals surface area (Å²) >= 11 is 3.15. The van der Waals surface area contributed by atoms with Gasteiger partial charge in [-0.25, -0.2) is 14.9 Å². The van der Waals surface area contributed by atoms with Crippen LogP contribution in [0.3, 0.4) is 0 Å². The summed E-state index contributed by atoms with van der Waals surface area (Å²) in [4.78, 5) is 33.3. The van der Waals surface area contributed by atoms with Crippen LogP contribution in [0.5, 0.6) is 0 Å². The third kappa shape index (κ3) is 1.53. The molecule has 0 fully saturated rings. The molecule has 0 bridgehead atoms. The van der Waals surface area contributed by atoms with E-state index in [0.717, 1.165) is 4.90 Å². The van der Waals surface area contributed by atoms with Crippen molar-refractivity contribution >= 4 is 33.6 Å². The highest BCUT2D eigenvalue weighted by Gasteiger charge is 2.37. The number of hydrogen-bond acceptors (Lipinski definition) is 4. The minimum absolute atomic E-state index is 0.226. The van der Waals surface area contributed by atoms with Gasteiger partial charge in [-0.05, 0) is 28.1 Å². The first-order chi connectivity index (χ1) is 8.68. The zero-order chi connectivity index (χ0) is 12.7. The Balaban J connectivity index is 2.09. The SMILES string of the molecule is O=C1c2ccccc2C(=O)N1c1cnc(Br)cn1. The van der Waals surface area contributed by atoms with Gasteiger partial charge < -0.3 is 0 Å². The highest BCUT2D eigenvalue weighted by atomic mass is 79.9. The minimum atomic E-state index is -0.368. The first kappa shape index (κ1) is 11.0. The van der Waals surface area contributed by atoms with E-state index in [1.54, 1.807) is 24.3 Å². The van der Waals surface area contributed by atoms with Crippen LogP contribution in [-0.4, -0.2) is 21.8 Å². The number of halogens is 1. The number of carbonyl (C=O) groups is 2. The van der Waals surface area contributed by atoms with Crippen LogP contribution in [0.4, 0.5) is 5.82 Å². The van der Waals surface area contributed by atoms with E-state index in [0.29, 0.717) is 15.7 Å². The van der Waals surface area contributed by atoms with Crippen LogP contribution in [0.25, 0.3) is 0 Å². The topological polar surface area (TPSA) is 63.2 Å². The van der Waals surface area contributed by atoms with Gasteiger partial charge in [0.1, 0.15) is 4.60 Å². The maximum Gasteiger partial charge on any atom is 0.267 e. The summed E-state index contributed by atoms with van der Waals surface area (Å²) in [5, 5.41) is 0. The van der Waals surface area contributed by atoms with Crippen LogP contribution in [0.2, 0.25) is 0 Å². The van der Waals surface area contributed by atoms with Crippen molar-refractivity contribution in [2.24, 2.45) is 0 Å². The van der Waals surface area contributed by atoms with E-state index in [4.69, 9.17) is 0 Å². The van der Waals surface area contributed by atoms with Crippen molar-refractivity contribution in [3.8, 4) is 0 Å². The second-order valence-corrected chi connectivity index (χ2v) is 4.50. The molecule has 1 aliphatic rings. The Kier molecular flexibility index (Phi) is 2.45. The molecular weight excluding hydrogens is 298 g/mol. The van der Waals surface area contributed by atoms with E-state index < -0.39 is 0 Å². The standard InChI is InChI=1S/C12H6BrN3O2/c13-9-5-15-10(6-14-9)16-11(17)7-3-1-2-4-8(7)12(16)18/h1-6H. The molecule has 1 aliphatic heterocycles. The maximum atomic E-state index is 12.1. The molecular formula is C12H6BrN3O2. The van der Waals surface area contributed by atoms with Crippen LogP contribution in [0.15, 0.2) is 41.3 Å². The molecule has 0 unspecified atom stereocenters. The summed E-state index contributed by atoms with van der Waals surface area (Å²) in [6.45, 7) is 0. The van der Waals surface area contributed by atoms with Gasteiger partial charge in [0.25, 0.3) is 11.8 Å². The number of nitrogens with zero attached hydrogens (tertiary/aromatic N) is 3. The number of benzene rings is 1. The molecule has 88 valence electrons. The van der Waals surface area contributed by atoms with Crippen molar-refractivity contribution in [2.45, 2.75) is 0 Å². The number of rotatable bonds is 1. The van der Waals surface area contributed by atoms with Crippen molar-refractivity contribution in [2.75, 3.05) is 4.90 Å². The van der Waals surface area contributed by atoms with Gasteiger partial charge in [0.2, 0.25) is 0 Å². The Morgan fingerprint density at radius 3 is 2.06 bits per heavy atom. The van der Waals surface area contributed by atoms with E-state index in [-0.39, 0.29) is 17.6 Å². The normalized spacial score (nSPS) is 13.9. The lowest BCUT2D eigenvalue weighted by molar-refractivity contribution is 0.0925. The average molecular weight is 304 g/mol. The molecule has 1 aromatic heterocycles. The molecule has 5 nitrogen and oxygen atoms in total. The molecule has 0 saturated heterocycles. The van der Waals surface area contributed by atoms with Gasteiger partial charge >= 0.3 is 0 Å². The predicted molar refractivity (Wildman–Crippen MR) is 67.3 cm³/mol. The molecule has 6 heteroatoms. The second-order valence-electron chi connectivity index (χ2n) is 3.69. The smallest absolute Gasteiger partial charge is 0.267 e. The van der Waals surface area contributed by atoms with E-state index in [1.807, 2.05) is 0 Å². The summed E-state index contributed by atoms with van der Waals surface area (Å²) in [5.74, 6) is -0.510. The highest BCUT2D eigenvalue weighted by Crippen LogP contribution is 2.26. The summed E-state index contributed by atoms with van der Waals surface area (Å²) in [6.07, 6.45) is 2.82. The van der Waals surface area contributed by atoms with Crippen LogP contribution in [0.1, 0.15) is 20.7 Å². The number of fused-ring (bicyclic) bond motifs is 1. The zero-order valence-corrected chi connectivity index (χ0v) is 10.6. The first-order valence-corrected chi connectivity index (χ1v) is 5.93. The summed E-state index contributed by atoms with van der Waals surface area (Å²) in [7, 11) is 0. The van der Waals surface area contributed by atoms with Gasteiger partial charge in [0.05, 0.1) is 23.5 Å². The van der Waals surface area contributed by atoms with Gasteiger partial charge in [0, 0.05) is 0 Å². The molecule has 1 aromatic carbocycles. The third-order valence-electron chi connectivity index (χ3n) is 2.63. The minimum Gasteiger partial charge on any atom is -0.268 e. The van der Waals surface area contributed by atoms with Crippen molar-refractivity contribution in [1.82, 2.24) is 9.97 Å². The van der Waals surface area contributed by atoms with Crippen LogP contribution >= 0.6 is 15.9 Å². The number of anilines is 1. The molecule has 3 rings (SSSR count). The molecule has 0 spiro atoms. The Hall–Kier alpha value is -2.08. The summed E-state index contributed by atoms with van der Waals surface area (Å²) in [5.41, 5.74) is 0.791. The lowest BCUT2D eigenvalue weighted by Crippen LogP contribution is -2.30. The first-order valence-electron chi connectivity index (χ1n) is 5.14. The van der Waals surface area contributed by atoms with E-state index >= 15 is 0 Å². The number of amides is 2. The number of hydrogen-bond donors (Lipinski definition) is 0. The second kappa shape index (κ2) is 3.99. The fraction of sp³-hybridized carbons (Fsp3) is 0. The van der Waals surface area contributed by atoms with Crippen LogP contribution < -0.4 is 4.90 Å². The lowest BCUT2D eigenvalue weighted by atomic mass is 10.1. The van der Waals surface area contributed by atoms with Gasteiger partial charge in [-0.2, -0.15) is 0 Å². The Morgan fingerprint density at radius 1 is 0.944 bits per heavy atom. The monoisotopic (exact) mass is 303 g/mol. The largest absolute Gasteiger partial charge is 0.268 e. The lowest BCUT2D eigenvalue weighted by Gasteiger charge is -2.11. The summed E-state index contributed by atoms with van der Waals surface area (Å²) < 4.78 is 0.544. The van der Waals surface area contributed by atoms with Crippen molar-refractivity contribution < 1.29 is 9.59 Å². The van der Waals surface area contributed by atoms with Crippen molar-refractivity contribution in [3.63, 3.8) is 0 Å². The fourth-order valence-electron chi connectivity index (χ4n) is 1.82. The van der Waals surface area contributed by atoms with Gasteiger partial charge in [-0.15, -0.1) is 0 Å². The quantitative estimate of drug-likeness (QED) is 0.756. The zero-order valence-electron chi connectivity index (χ0n) is 9.00. The molecule has 0 atom stereocenters. The molecule has 0 saturated carbocycles. The van der Waals surface area contributed by atoms with Crippen molar-refractivity contribution in [3.05, 3.63) is 52.4 Å². The van der Waals surface area contributed by atoms with Crippen molar-refractivity contribution in [1.29, 1.82) is 0 Å². The number of imide groups is 1. The molecule has 2 heterocycles. The fourth-order valence-corrected chi connectivity index (χ4v) is 2.02. The Morgan fingerprint density at radius 2 is 1.56 bits per heavy atom. The number of carbonyl (C=O) groups excluding carboxylic acids is 2. The van der Waals surface area contributed by atoms with Crippen LogP contribution in [0, 0.1) is 0 Å². The average Bonchev–Trinajstić information content (AvgIpc) is 2.64. The molecule has 0 aliphatic carbocycles.